The highest BCUT2D eigenvalue weighted by Gasteiger charge is 2.37. The van der Waals surface area contributed by atoms with Gasteiger partial charge in [0.2, 0.25) is 11.8 Å². The van der Waals surface area contributed by atoms with Crippen molar-refractivity contribution in [2.45, 2.75) is 70.7 Å². The lowest BCUT2D eigenvalue weighted by Crippen LogP contribution is -2.58. The molecule has 1 aromatic heterocycles. The number of nitrogens with zero attached hydrogens (tertiary/aromatic N) is 5. The molecule has 54 heavy (non-hydrogen) atoms. The smallest absolute Gasteiger partial charge is 0.262 e. The van der Waals surface area contributed by atoms with Gasteiger partial charge in [-0.25, -0.2) is 9.37 Å². The highest BCUT2D eigenvalue weighted by atomic mass is 19.1. The number of hydrogen-bond acceptors (Lipinski definition) is 10. The molecule has 3 aromatic carbocycles. The van der Waals surface area contributed by atoms with Gasteiger partial charge in [-0.3, -0.25) is 29.5 Å². The van der Waals surface area contributed by atoms with Crippen LogP contribution in [-0.2, 0) is 22.7 Å². The molecule has 0 bridgehead atoms. The van der Waals surface area contributed by atoms with Crippen molar-refractivity contribution in [3.05, 3.63) is 75.8 Å². The van der Waals surface area contributed by atoms with Crippen LogP contribution in [-0.4, -0.2) is 96.7 Å². The molecule has 5 heterocycles. The third-order valence-electron chi connectivity index (χ3n) is 11.9. The molecule has 4 aromatic rings. The first-order valence-corrected chi connectivity index (χ1v) is 19.0. The zero-order valence-electron chi connectivity index (χ0n) is 31.4. The first kappa shape index (κ1) is 36.0. The number of aromatic nitrogens is 2. The number of benzene rings is 3. The van der Waals surface area contributed by atoms with Crippen LogP contribution in [0.1, 0.15) is 50.7 Å². The summed E-state index contributed by atoms with van der Waals surface area (Å²) in [5.74, 6) is 1.37. The number of carbonyl (C=O) groups is 2. The third-order valence-corrected chi connectivity index (χ3v) is 11.9. The first-order chi connectivity index (χ1) is 26.1. The van der Waals surface area contributed by atoms with Crippen molar-refractivity contribution >= 4 is 34.1 Å². The highest BCUT2D eigenvalue weighted by Crippen LogP contribution is 2.35. The number of imide groups is 1. The summed E-state index contributed by atoms with van der Waals surface area (Å²) in [6, 6.07) is 15.4. The minimum atomic E-state index is -0.360. The summed E-state index contributed by atoms with van der Waals surface area (Å²) in [6.07, 6.45) is 3.02. The quantitative estimate of drug-likeness (QED) is 0.247. The molecule has 12 nitrogen and oxygen atoms in total. The summed E-state index contributed by atoms with van der Waals surface area (Å²) in [7, 11) is 3.09. The van der Waals surface area contributed by atoms with Crippen LogP contribution in [0.4, 0.5) is 15.8 Å². The Bertz CT molecular complexity index is 2120. The molecule has 0 spiro atoms. The minimum Gasteiger partial charge on any atom is -0.497 e. The fraction of sp³-hybridized carbons (Fsp3) is 0.463. The standard InChI is InChI=1S/C41H48FN7O5/c1-24-19-47(35-16-29-23-48(22-28(29)15-32(35)42)34-9-10-37(50)44-40(34)51)20-25(2)49(24)21-26-11-13-46(14-12-26)30-7-5-27(6-8-30)39-43-33-17-31(53-3)18-36(54-4)38(33)41(52)45-39/h5-8,15-18,24-26,34H,9-14,19-23H2,1-4H3,(H,43,45,52)(H,44,50,51). The number of methoxy groups -OCH3 is 2. The van der Waals surface area contributed by atoms with Crippen LogP contribution in [0.15, 0.2) is 53.3 Å². The molecule has 0 aliphatic carbocycles. The maximum absolute atomic E-state index is 15.6. The van der Waals surface area contributed by atoms with Gasteiger partial charge in [-0.05, 0) is 86.6 Å². The molecule has 3 fully saturated rings. The number of carbonyl (C=O) groups excluding carboxylic acids is 2. The number of fused-ring (bicyclic) bond motifs is 2. The van der Waals surface area contributed by atoms with Crippen LogP contribution >= 0.6 is 0 Å². The molecular weight excluding hydrogens is 689 g/mol. The van der Waals surface area contributed by atoms with Crippen LogP contribution < -0.4 is 30.1 Å². The average molecular weight is 738 g/mol. The maximum Gasteiger partial charge on any atom is 0.262 e. The van der Waals surface area contributed by atoms with Gasteiger partial charge in [-0.2, -0.15) is 0 Å². The summed E-state index contributed by atoms with van der Waals surface area (Å²) in [6.45, 7) is 10.0. The van der Waals surface area contributed by atoms with E-state index in [1.165, 1.54) is 7.11 Å². The maximum atomic E-state index is 15.6. The van der Waals surface area contributed by atoms with E-state index in [1.54, 1.807) is 25.3 Å². The number of hydrogen-bond donors (Lipinski definition) is 2. The Hall–Kier alpha value is -5.01. The van der Waals surface area contributed by atoms with E-state index < -0.39 is 0 Å². The van der Waals surface area contributed by atoms with Crippen LogP contribution in [0, 0.1) is 11.7 Å². The Morgan fingerprint density at radius 2 is 1.57 bits per heavy atom. The van der Waals surface area contributed by atoms with Crippen molar-refractivity contribution < 1.29 is 23.5 Å². The molecule has 2 amide bonds. The second-order valence-electron chi connectivity index (χ2n) is 15.4. The van der Waals surface area contributed by atoms with E-state index in [0.29, 0.717) is 65.8 Å². The van der Waals surface area contributed by atoms with E-state index in [0.717, 1.165) is 67.9 Å². The summed E-state index contributed by atoms with van der Waals surface area (Å²) in [5, 5.41) is 2.84. The van der Waals surface area contributed by atoms with Crippen LogP contribution in [0.25, 0.3) is 22.3 Å². The molecular formula is C41H48FN7O5. The Balaban J connectivity index is 0.865. The van der Waals surface area contributed by atoms with E-state index in [1.807, 2.05) is 18.2 Å². The van der Waals surface area contributed by atoms with Crippen LogP contribution in [0.5, 0.6) is 11.5 Å². The third kappa shape index (κ3) is 6.90. The Morgan fingerprint density at radius 1 is 0.870 bits per heavy atom. The number of ether oxygens (including phenoxy) is 2. The van der Waals surface area contributed by atoms with Gasteiger partial charge < -0.3 is 24.3 Å². The largest absolute Gasteiger partial charge is 0.497 e. The Labute approximate surface area is 314 Å². The number of amides is 2. The second-order valence-corrected chi connectivity index (χ2v) is 15.4. The molecule has 3 atom stereocenters. The van der Waals surface area contributed by atoms with Gasteiger partial charge in [0.25, 0.3) is 5.56 Å². The van der Waals surface area contributed by atoms with Gasteiger partial charge in [0.05, 0.1) is 31.5 Å². The Morgan fingerprint density at radius 3 is 2.24 bits per heavy atom. The second kappa shape index (κ2) is 14.7. The predicted molar refractivity (Wildman–Crippen MR) is 206 cm³/mol. The average Bonchev–Trinajstić information content (AvgIpc) is 3.57. The van der Waals surface area contributed by atoms with Crippen molar-refractivity contribution in [3.8, 4) is 22.9 Å². The monoisotopic (exact) mass is 737 g/mol. The molecule has 4 aliphatic heterocycles. The van der Waals surface area contributed by atoms with Gasteiger partial charge in [-0.1, -0.05) is 0 Å². The number of halogens is 1. The summed E-state index contributed by atoms with van der Waals surface area (Å²) in [4.78, 5) is 54.1. The van der Waals surface area contributed by atoms with Crippen molar-refractivity contribution in [1.29, 1.82) is 0 Å². The summed E-state index contributed by atoms with van der Waals surface area (Å²) < 4.78 is 26.4. The molecule has 13 heteroatoms. The van der Waals surface area contributed by atoms with Crippen LogP contribution in [0.3, 0.4) is 0 Å². The minimum absolute atomic E-state index is 0.213. The molecule has 0 saturated carbocycles. The summed E-state index contributed by atoms with van der Waals surface area (Å²) in [5.41, 5.74) is 4.84. The normalized spacial score (nSPS) is 22.8. The zero-order valence-corrected chi connectivity index (χ0v) is 31.4. The highest BCUT2D eigenvalue weighted by molar-refractivity contribution is 6.00. The van der Waals surface area contributed by atoms with Crippen molar-refractivity contribution in [3.63, 3.8) is 0 Å². The van der Waals surface area contributed by atoms with E-state index >= 15 is 4.39 Å². The topological polar surface area (TPSA) is 123 Å². The molecule has 3 saturated heterocycles. The van der Waals surface area contributed by atoms with E-state index in [4.69, 9.17) is 14.5 Å². The van der Waals surface area contributed by atoms with Gasteiger partial charge >= 0.3 is 0 Å². The van der Waals surface area contributed by atoms with Crippen LogP contribution in [0.2, 0.25) is 0 Å². The first-order valence-electron chi connectivity index (χ1n) is 19.0. The fourth-order valence-electron chi connectivity index (χ4n) is 8.97. The lowest BCUT2D eigenvalue weighted by atomic mass is 9.93. The Kier molecular flexibility index (Phi) is 9.78. The van der Waals surface area contributed by atoms with Gasteiger partial charge in [-0.15, -0.1) is 0 Å². The lowest BCUT2D eigenvalue weighted by Gasteiger charge is -2.47. The van der Waals surface area contributed by atoms with E-state index in [-0.39, 0.29) is 41.3 Å². The van der Waals surface area contributed by atoms with Gasteiger partial charge in [0.1, 0.15) is 28.5 Å². The van der Waals surface area contributed by atoms with Gasteiger partial charge in [0.15, 0.2) is 0 Å². The molecule has 0 radical (unpaired) electrons. The number of H-pyrrole nitrogens is 1. The molecule has 4 aliphatic rings. The molecule has 284 valence electrons. The number of nitrogens with one attached hydrogen (secondary N) is 2. The number of aromatic amines is 1. The SMILES string of the molecule is COc1cc(OC)c2c(=O)[nH]c(-c3ccc(N4CCC(CN5C(C)CN(c6cc7c(cc6F)CN(C6CCC(=O)NC6=O)C7)CC5C)CC4)cc3)nc2c1. The molecule has 2 N–H and O–H groups in total. The van der Waals surface area contributed by atoms with E-state index in [2.05, 4.69) is 55.9 Å². The number of piperazine rings is 1. The van der Waals surface area contributed by atoms with Crippen molar-refractivity contribution in [1.82, 2.24) is 25.1 Å². The number of rotatable bonds is 8. The lowest BCUT2D eigenvalue weighted by molar-refractivity contribution is -0.137. The molecule has 3 unspecified atom stereocenters. The number of anilines is 2. The molecule has 8 rings (SSSR count). The van der Waals surface area contributed by atoms with Crippen molar-refractivity contribution in [2.75, 3.05) is 56.7 Å². The van der Waals surface area contributed by atoms with Crippen molar-refractivity contribution in [2.24, 2.45) is 5.92 Å². The summed E-state index contributed by atoms with van der Waals surface area (Å²) >= 11 is 0. The predicted octanol–water partition coefficient (Wildman–Crippen LogP) is 4.68. The zero-order chi connectivity index (χ0) is 37.7. The number of piperidine rings is 2. The fourth-order valence-corrected chi connectivity index (χ4v) is 8.97. The van der Waals surface area contributed by atoms with Gasteiger partial charge in [0, 0.05) is 87.7 Å². The van der Waals surface area contributed by atoms with E-state index in [9.17, 15) is 14.4 Å².